The van der Waals surface area contributed by atoms with Gasteiger partial charge in [-0.25, -0.2) is 0 Å². The van der Waals surface area contributed by atoms with Gasteiger partial charge in [0.25, 0.3) is 5.91 Å². The summed E-state index contributed by atoms with van der Waals surface area (Å²) in [6.45, 7) is 7.59. The molecule has 5 nitrogen and oxygen atoms in total. The first-order valence-corrected chi connectivity index (χ1v) is 6.24. The number of para-hydroxylation sites is 1. The van der Waals surface area contributed by atoms with Crippen molar-refractivity contribution in [2.24, 2.45) is 0 Å². The lowest BCUT2D eigenvalue weighted by Gasteiger charge is -2.18. The Morgan fingerprint density at radius 3 is 2.56 bits per heavy atom. The predicted molar refractivity (Wildman–Crippen MR) is 75.4 cm³/mol. The minimum Gasteiger partial charge on any atom is -0.397 e. The predicted octanol–water partition coefficient (Wildman–Crippen LogP) is 0.923. The SMILES string of the molecule is CCN(CC)CCNC(=O)c1cccc(N)c1N. The number of hydrogen-bond donors (Lipinski definition) is 3. The van der Waals surface area contributed by atoms with Crippen LogP contribution in [0.4, 0.5) is 11.4 Å². The Morgan fingerprint density at radius 1 is 1.28 bits per heavy atom. The summed E-state index contributed by atoms with van der Waals surface area (Å²) >= 11 is 0. The minimum atomic E-state index is -0.174. The van der Waals surface area contributed by atoms with Crippen molar-refractivity contribution in [2.75, 3.05) is 37.6 Å². The molecule has 1 aromatic rings. The number of hydrogen-bond acceptors (Lipinski definition) is 4. The molecule has 0 saturated heterocycles. The molecule has 0 aliphatic carbocycles. The van der Waals surface area contributed by atoms with Gasteiger partial charge in [0.2, 0.25) is 0 Å². The fourth-order valence-corrected chi connectivity index (χ4v) is 1.74. The van der Waals surface area contributed by atoms with Crippen LogP contribution in [-0.4, -0.2) is 37.0 Å². The summed E-state index contributed by atoms with van der Waals surface area (Å²) in [5.41, 5.74) is 12.7. The number of nitrogen functional groups attached to an aromatic ring is 2. The van der Waals surface area contributed by atoms with E-state index in [1.807, 2.05) is 0 Å². The highest BCUT2D eigenvalue weighted by Gasteiger charge is 2.10. The van der Waals surface area contributed by atoms with Crippen molar-refractivity contribution in [3.05, 3.63) is 23.8 Å². The number of likely N-dealkylation sites (N-methyl/N-ethyl adjacent to an activating group) is 1. The van der Waals surface area contributed by atoms with E-state index < -0.39 is 0 Å². The molecule has 5 heteroatoms. The molecule has 0 unspecified atom stereocenters. The maximum atomic E-state index is 11.9. The van der Waals surface area contributed by atoms with Gasteiger partial charge in [0, 0.05) is 13.1 Å². The Bertz CT molecular complexity index is 402. The molecule has 1 amide bonds. The van der Waals surface area contributed by atoms with Gasteiger partial charge in [0.15, 0.2) is 0 Å². The number of nitrogens with zero attached hydrogens (tertiary/aromatic N) is 1. The van der Waals surface area contributed by atoms with Gasteiger partial charge in [-0.15, -0.1) is 0 Å². The molecule has 5 N–H and O–H groups in total. The topological polar surface area (TPSA) is 84.4 Å². The molecule has 0 aliphatic heterocycles. The molecule has 0 saturated carbocycles. The van der Waals surface area contributed by atoms with E-state index in [-0.39, 0.29) is 5.91 Å². The first-order valence-electron chi connectivity index (χ1n) is 6.24. The third-order valence-electron chi connectivity index (χ3n) is 2.99. The van der Waals surface area contributed by atoms with E-state index in [4.69, 9.17) is 11.5 Å². The second kappa shape index (κ2) is 6.86. The average Bonchev–Trinajstić information content (AvgIpc) is 2.37. The highest BCUT2D eigenvalue weighted by molar-refractivity contribution is 6.01. The van der Waals surface area contributed by atoms with Crippen molar-refractivity contribution in [3.8, 4) is 0 Å². The number of carbonyl (C=O) groups excluding carboxylic acids is 1. The van der Waals surface area contributed by atoms with Gasteiger partial charge in [-0.05, 0) is 25.2 Å². The van der Waals surface area contributed by atoms with Gasteiger partial charge in [0.05, 0.1) is 16.9 Å². The summed E-state index contributed by atoms with van der Waals surface area (Å²) in [5.74, 6) is -0.174. The Kier molecular flexibility index (Phi) is 5.45. The van der Waals surface area contributed by atoms with E-state index in [0.29, 0.717) is 23.5 Å². The second-order valence-electron chi connectivity index (χ2n) is 4.09. The lowest BCUT2D eigenvalue weighted by Crippen LogP contribution is -2.35. The number of amides is 1. The second-order valence-corrected chi connectivity index (χ2v) is 4.09. The van der Waals surface area contributed by atoms with Crippen LogP contribution in [0.3, 0.4) is 0 Å². The summed E-state index contributed by atoms with van der Waals surface area (Å²) < 4.78 is 0. The molecule has 0 bridgehead atoms. The van der Waals surface area contributed by atoms with E-state index in [1.54, 1.807) is 18.2 Å². The molecule has 0 fully saturated rings. The molecule has 0 aliphatic rings. The van der Waals surface area contributed by atoms with Crippen molar-refractivity contribution in [2.45, 2.75) is 13.8 Å². The zero-order chi connectivity index (χ0) is 13.5. The number of anilines is 2. The summed E-state index contributed by atoms with van der Waals surface area (Å²) in [6, 6.07) is 5.09. The summed E-state index contributed by atoms with van der Waals surface area (Å²) in [4.78, 5) is 14.1. The van der Waals surface area contributed by atoms with Gasteiger partial charge >= 0.3 is 0 Å². The molecule has 18 heavy (non-hydrogen) atoms. The van der Waals surface area contributed by atoms with Crippen molar-refractivity contribution < 1.29 is 4.79 Å². The number of nitrogens with two attached hydrogens (primary N) is 2. The van der Waals surface area contributed by atoms with E-state index in [1.165, 1.54) is 0 Å². The molecule has 0 aromatic heterocycles. The average molecular weight is 250 g/mol. The Labute approximate surface area is 108 Å². The lowest BCUT2D eigenvalue weighted by atomic mass is 10.1. The van der Waals surface area contributed by atoms with Crippen molar-refractivity contribution in [3.63, 3.8) is 0 Å². The molecular formula is C13H22N4O. The fourth-order valence-electron chi connectivity index (χ4n) is 1.74. The van der Waals surface area contributed by atoms with Gasteiger partial charge < -0.3 is 21.7 Å². The highest BCUT2D eigenvalue weighted by Crippen LogP contribution is 2.18. The number of nitrogens with one attached hydrogen (secondary N) is 1. The lowest BCUT2D eigenvalue weighted by molar-refractivity contribution is 0.0950. The van der Waals surface area contributed by atoms with Crippen LogP contribution in [0.5, 0.6) is 0 Å². The molecular weight excluding hydrogens is 228 g/mol. The summed E-state index contributed by atoms with van der Waals surface area (Å²) in [7, 11) is 0. The van der Waals surface area contributed by atoms with Crippen LogP contribution >= 0.6 is 0 Å². The Balaban J connectivity index is 2.53. The van der Waals surface area contributed by atoms with Crippen molar-refractivity contribution in [1.82, 2.24) is 10.2 Å². The molecule has 100 valence electrons. The molecule has 1 aromatic carbocycles. The third-order valence-corrected chi connectivity index (χ3v) is 2.99. The van der Waals surface area contributed by atoms with E-state index in [0.717, 1.165) is 19.6 Å². The zero-order valence-electron chi connectivity index (χ0n) is 11.1. The molecule has 0 radical (unpaired) electrons. The van der Waals surface area contributed by atoms with Crippen LogP contribution in [0.2, 0.25) is 0 Å². The first kappa shape index (κ1) is 14.3. The first-order chi connectivity index (χ1) is 8.60. The standard InChI is InChI=1S/C13H22N4O/c1-3-17(4-2)9-8-16-13(18)10-6-5-7-11(14)12(10)15/h5-7H,3-4,8-9,14-15H2,1-2H3,(H,16,18). The van der Waals surface area contributed by atoms with E-state index in [9.17, 15) is 4.79 Å². The Hall–Kier alpha value is -1.75. The van der Waals surface area contributed by atoms with Crippen molar-refractivity contribution >= 4 is 17.3 Å². The molecule has 0 atom stereocenters. The van der Waals surface area contributed by atoms with Crippen LogP contribution in [0.15, 0.2) is 18.2 Å². The third kappa shape index (κ3) is 3.63. The smallest absolute Gasteiger partial charge is 0.253 e. The van der Waals surface area contributed by atoms with Crippen LogP contribution in [0.25, 0.3) is 0 Å². The monoisotopic (exact) mass is 250 g/mol. The maximum absolute atomic E-state index is 11.9. The van der Waals surface area contributed by atoms with Gasteiger partial charge in [0.1, 0.15) is 0 Å². The quantitative estimate of drug-likeness (QED) is 0.656. The van der Waals surface area contributed by atoms with Crippen molar-refractivity contribution in [1.29, 1.82) is 0 Å². The summed E-state index contributed by atoms with van der Waals surface area (Å²) in [5, 5.41) is 2.85. The van der Waals surface area contributed by atoms with Gasteiger partial charge in [-0.1, -0.05) is 19.9 Å². The number of carbonyl (C=O) groups is 1. The fraction of sp³-hybridized carbons (Fsp3) is 0.462. The maximum Gasteiger partial charge on any atom is 0.253 e. The number of benzene rings is 1. The largest absolute Gasteiger partial charge is 0.397 e. The summed E-state index contributed by atoms with van der Waals surface area (Å²) in [6.07, 6.45) is 0. The van der Waals surface area contributed by atoms with Crippen LogP contribution < -0.4 is 16.8 Å². The molecule has 1 rings (SSSR count). The van der Waals surface area contributed by atoms with Crippen LogP contribution in [-0.2, 0) is 0 Å². The molecule has 0 heterocycles. The Morgan fingerprint density at radius 2 is 1.94 bits per heavy atom. The van der Waals surface area contributed by atoms with Gasteiger partial charge in [-0.3, -0.25) is 4.79 Å². The van der Waals surface area contributed by atoms with Gasteiger partial charge in [-0.2, -0.15) is 0 Å². The highest BCUT2D eigenvalue weighted by atomic mass is 16.1. The van der Waals surface area contributed by atoms with E-state index in [2.05, 4.69) is 24.1 Å². The van der Waals surface area contributed by atoms with Crippen LogP contribution in [0, 0.1) is 0 Å². The zero-order valence-corrected chi connectivity index (χ0v) is 11.1. The normalized spacial score (nSPS) is 10.6. The minimum absolute atomic E-state index is 0.174. The van der Waals surface area contributed by atoms with Crippen LogP contribution in [0.1, 0.15) is 24.2 Å². The molecule has 0 spiro atoms. The number of rotatable bonds is 6. The van der Waals surface area contributed by atoms with E-state index >= 15 is 0 Å².